The minimum atomic E-state index is -0.943. The van der Waals surface area contributed by atoms with E-state index >= 15 is 0 Å². The van der Waals surface area contributed by atoms with Crippen molar-refractivity contribution in [3.63, 3.8) is 0 Å². The first-order chi connectivity index (χ1) is 11.9. The number of fused-ring (bicyclic) bond motifs is 1. The molecule has 1 aliphatic carbocycles. The maximum atomic E-state index is 13.2. The molecule has 0 radical (unpaired) electrons. The van der Waals surface area contributed by atoms with Gasteiger partial charge in [0, 0.05) is 24.8 Å². The van der Waals surface area contributed by atoms with E-state index in [4.69, 9.17) is 5.11 Å². The zero-order valence-electron chi connectivity index (χ0n) is 14.2. The maximum absolute atomic E-state index is 13.2. The molecule has 0 bridgehead atoms. The van der Waals surface area contributed by atoms with Crippen molar-refractivity contribution < 1.29 is 19.1 Å². The van der Waals surface area contributed by atoms with Crippen LogP contribution in [-0.4, -0.2) is 45.3 Å². The van der Waals surface area contributed by atoms with Gasteiger partial charge in [0.2, 0.25) is 0 Å². The Kier molecular flexibility index (Phi) is 4.57. The summed E-state index contributed by atoms with van der Waals surface area (Å²) in [5, 5.41) is 13.5. The van der Waals surface area contributed by atoms with E-state index in [0.29, 0.717) is 11.4 Å². The first-order valence-corrected chi connectivity index (χ1v) is 8.23. The Morgan fingerprint density at radius 3 is 2.64 bits per heavy atom. The van der Waals surface area contributed by atoms with Gasteiger partial charge in [-0.15, -0.1) is 0 Å². The predicted octanol–water partition coefficient (Wildman–Crippen LogP) is 2.29. The van der Waals surface area contributed by atoms with Gasteiger partial charge in [-0.05, 0) is 43.5 Å². The molecular formula is C18H20FN3O3. The van der Waals surface area contributed by atoms with E-state index in [9.17, 15) is 14.0 Å². The summed E-state index contributed by atoms with van der Waals surface area (Å²) in [4.78, 5) is 25.2. The van der Waals surface area contributed by atoms with E-state index in [-0.39, 0.29) is 18.3 Å². The average molecular weight is 345 g/mol. The van der Waals surface area contributed by atoms with Crippen LogP contribution in [0.4, 0.5) is 4.39 Å². The number of carboxylic acid groups (broad SMARTS) is 1. The maximum Gasteiger partial charge on any atom is 0.308 e. The summed E-state index contributed by atoms with van der Waals surface area (Å²) in [5.74, 6) is -2.21. The quantitative estimate of drug-likeness (QED) is 0.902. The Balaban J connectivity index is 1.92. The number of aromatic nitrogens is 2. The lowest BCUT2D eigenvalue weighted by Gasteiger charge is -2.18. The van der Waals surface area contributed by atoms with Crippen LogP contribution in [0.2, 0.25) is 0 Å². The number of nitrogens with zero attached hydrogens (tertiary/aromatic N) is 3. The molecule has 1 aromatic carbocycles. The van der Waals surface area contributed by atoms with Crippen LogP contribution in [0.1, 0.15) is 35.1 Å². The zero-order valence-corrected chi connectivity index (χ0v) is 14.2. The summed E-state index contributed by atoms with van der Waals surface area (Å²) in [6, 6.07) is 5.98. The largest absolute Gasteiger partial charge is 0.481 e. The summed E-state index contributed by atoms with van der Waals surface area (Å²) < 4.78 is 14.9. The molecule has 0 saturated carbocycles. The van der Waals surface area contributed by atoms with Gasteiger partial charge in [-0.3, -0.25) is 9.59 Å². The molecule has 6 nitrogen and oxygen atoms in total. The van der Waals surface area contributed by atoms with Crippen molar-refractivity contribution in [2.75, 3.05) is 13.6 Å². The highest BCUT2D eigenvalue weighted by Crippen LogP contribution is 2.28. The number of carbonyl (C=O) groups is 2. The van der Waals surface area contributed by atoms with Crippen molar-refractivity contribution in [2.24, 2.45) is 5.92 Å². The van der Waals surface area contributed by atoms with Crippen LogP contribution in [0.5, 0.6) is 0 Å². The number of rotatable bonds is 5. The topological polar surface area (TPSA) is 75.4 Å². The molecule has 3 rings (SSSR count). The second-order valence-corrected chi connectivity index (χ2v) is 6.44. The van der Waals surface area contributed by atoms with Crippen LogP contribution in [-0.2, 0) is 17.6 Å². The summed E-state index contributed by atoms with van der Waals surface area (Å²) in [6.45, 7) is 1.68. The number of benzene rings is 1. The lowest BCUT2D eigenvalue weighted by atomic mass is 10.1. The van der Waals surface area contributed by atoms with Gasteiger partial charge in [0.15, 0.2) is 5.69 Å². The summed E-state index contributed by atoms with van der Waals surface area (Å²) in [6.07, 6.45) is 2.51. The summed E-state index contributed by atoms with van der Waals surface area (Å²) in [5.41, 5.74) is 2.94. The van der Waals surface area contributed by atoms with Gasteiger partial charge in [-0.1, -0.05) is 6.92 Å². The molecule has 2 aromatic rings. The molecule has 7 heteroatoms. The smallest absolute Gasteiger partial charge is 0.308 e. The molecule has 1 aromatic heterocycles. The van der Waals surface area contributed by atoms with Crippen molar-refractivity contribution in [3.8, 4) is 5.69 Å². The van der Waals surface area contributed by atoms with Crippen molar-refractivity contribution in [1.29, 1.82) is 0 Å². The third-order valence-corrected chi connectivity index (χ3v) is 4.52. The number of carboxylic acids is 1. The van der Waals surface area contributed by atoms with Crippen molar-refractivity contribution in [2.45, 2.75) is 26.2 Å². The standard InChI is InChI=1S/C18H20FN3O3/c1-11(18(24)25)10-21(2)17(23)16-14-4-3-5-15(14)22(20-16)13-8-6-12(19)7-9-13/h6-9,11H,3-5,10H2,1-2H3,(H,24,25). The van der Waals surface area contributed by atoms with Crippen molar-refractivity contribution in [3.05, 3.63) is 47.0 Å². The Labute approximate surface area is 144 Å². The number of carbonyl (C=O) groups excluding carboxylic acids is 1. The van der Waals surface area contributed by atoms with Gasteiger partial charge >= 0.3 is 5.97 Å². The van der Waals surface area contributed by atoms with Crippen molar-refractivity contribution >= 4 is 11.9 Å². The fraction of sp³-hybridized carbons (Fsp3) is 0.389. The molecule has 1 unspecified atom stereocenters. The number of hydrogen-bond donors (Lipinski definition) is 1. The Morgan fingerprint density at radius 2 is 2.00 bits per heavy atom. The molecule has 1 aliphatic rings. The van der Waals surface area contributed by atoms with E-state index < -0.39 is 11.9 Å². The van der Waals surface area contributed by atoms with Crippen LogP contribution in [0.15, 0.2) is 24.3 Å². The lowest BCUT2D eigenvalue weighted by Crippen LogP contribution is -2.34. The van der Waals surface area contributed by atoms with Crippen LogP contribution in [0.3, 0.4) is 0 Å². The second kappa shape index (κ2) is 6.66. The molecule has 1 heterocycles. The Hall–Kier alpha value is -2.70. The van der Waals surface area contributed by atoms with Gasteiger partial charge in [-0.2, -0.15) is 5.10 Å². The Bertz CT molecular complexity index is 814. The summed E-state index contributed by atoms with van der Waals surface area (Å²) in [7, 11) is 1.58. The van der Waals surface area contributed by atoms with Crippen LogP contribution in [0.25, 0.3) is 5.69 Å². The van der Waals surface area contributed by atoms with E-state index in [0.717, 1.165) is 30.5 Å². The number of amides is 1. The highest BCUT2D eigenvalue weighted by Gasteiger charge is 2.29. The minimum Gasteiger partial charge on any atom is -0.481 e. The molecule has 1 amide bonds. The molecule has 0 saturated heterocycles. The fourth-order valence-corrected chi connectivity index (χ4v) is 3.16. The normalized spacial score (nSPS) is 14.2. The van der Waals surface area contributed by atoms with Crippen LogP contribution in [0, 0.1) is 11.7 Å². The third-order valence-electron chi connectivity index (χ3n) is 4.52. The highest BCUT2D eigenvalue weighted by atomic mass is 19.1. The molecule has 1 atom stereocenters. The van der Waals surface area contributed by atoms with Gasteiger partial charge in [0.1, 0.15) is 5.82 Å². The highest BCUT2D eigenvalue weighted by molar-refractivity contribution is 5.94. The van der Waals surface area contributed by atoms with Gasteiger partial charge in [0.05, 0.1) is 11.6 Å². The van der Waals surface area contributed by atoms with Gasteiger partial charge in [0.25, 0.3) is 5.91 Å². The van der Waals surface area contributed by atoms with E-state index in [1.807, 2.05) is 0 Å². The number of hydrogen-bond acceptors (Lipinski definition) is 3. The monoisotopic (exact) mass is 345 g/mol. The molecule has 25 heavy (non-hydrogen) atoms. The molecule has 1 N–H and O–H groups in total. The number of halogens is 1. The van der Waals surface area contributed by atoms with E-state index in [1.54, 1.807) is 30.8 Å². The van der Waals surface area contributed by atoms with Gasteiger partial charge < -0.3 is 10.0 Å². The SMILES string of the molecule is CC(CN(C)C(=O)c1nn(-c2ccc(F)cc2)c2c1CCC2)C(=O)O. The molecule has 0 fully saturated rings. The molecule has 0 aliphatic heterocycles. The fourth-order valence-electron chi connectivity index (χ4n) is 3.16. The first-order valence-electron chi connectivity index (χ1n) is 8.23. The Morgan fingerprint density at radius 1 is 1.32 bits per heavy atom. The zero-order chi connectivity index (χ0) is 18.1. The predicted molar refractivity (Wildman–Crippen MR) is 89.3 cm³/mol. The molecule has 132 valence electrons. The second-order valence-electron chi connectivity index (χ2n) is 6.44. The van der Waals surface area contributed by atoms with Gasteiger partial charge in [-0.25, -0.2) is 9.07 Å². The lowest BCUT2D eigenvalue weighted by molar-refractivity contribution is -0.141. The van der Waals surface area contributed by atoms with Crippen molar-refractivity contribution in [1.82, 2.24) is 14.7 Å². The van der Waals surface area contributed by atoms with Crippen LogP contribution < -0.4 is 0 Å². The average Bonchev–Trinajstić information content (AvgIpc) is 3.17. The third kappa shape index (κ3) is 3.26. The number of aliphatic carboxylic acids is 1. The first kappa shape index (κ1) is 17.1. The van der Waals surface area contributed by atoms with Crippen LogP contribution >= 0.6 is 0 Å². The molecular weight excluding hydrogens is 325 g/mol. The molecule has 0 spiro atoms. The minimum absolute atomic E-state index is 0.117. The summed E-state index contributed by atoms with van der Waals surface area (Å²) >= 11 is 0. The van der Waals surface area contributed by atoms with E-state index in [1.165, 1.54) is 17.0 Å². The van der Waals surface area contributed by atoms with E-state index in [2.05, 4.69) is 5.10 Å².